The first-order valence-electron chi connectivity index (χ1n) is 5.49. The molecule has 0 aromatic heterocycles. The van der Waals surface area contributed by atoms with Crippen molar-refractivity contribution in [3.8, 4) is 0 Å². The quantitative estimate of drug-likeness (QED) is 0.826. The van der Waals surface area contributed by atoms with E-state index in [1.165, 1.54) is 4.90 Å². The molecule has 0 bridgehead atoms. The fourth-order valence-corrected chi connectivity index (χ4v) is 1.95. The predicted octanol–water partition coefficient (Wildman–Crippen LogP) is 1.23. The normalized spacial score (nSPS) is 19.9. The third-order valence-corrected chi connectivity index (χ3v) is 2.80. The molecule has 1 heterocycles. The van der Waals surface area contributed by atoms with Crippen molar-refractivity contribution in [1.29, 1.82) is 0 Å². The summed E-state index contributed by atoms with van der Waals surface area (Å²) in [7, 11) is 0. The Hall–Kier alpha value is -2.04. The number of carbonyl (C=O) groups excluding carboxylic acids is 1. The van der Waals surface area contributed by atoms with Crippen LogP contribution in [0.5, 0.6) is 0 Å². The van der Waals surface area contributed by atoms with Gasteiger partial charge in [-0.2, -0.15) is 0 Å². The molecule has 0 aliphatic carbocycles. The Labute approximate surface area is 99.0 Å². The number of carboxylic acids is 1. The molecule has 1 aliphatic heterocycles. The van der Waals surface area contributed by atoms with Crippen LogP contribution >= 0.6 is 0 Å². The van der Waals surface area contributed by atoms with Gasteiger partial charge in [0, 0.05) is 6.54 Å². The largest absolute Gasteiger partial charge is 0.480 e. The lowest BCUT2D eigenvalue weighted by molar-refractivity contribution is -0.137. The Kier molecular flexibility index (Phi) is 3.27. The number of hydrogen-bond donors (Lipinski definition) is 2. The zero-order valence-electron chi connectivity index (χ0n) is 9.30. The first-order chi connectivity index (χ1) is 8.16. The van der Waals surface area contributed by atoms with Gasteiger partial charge < -0.3 is 15.3 Å². The molecule has 1 aromatic rings. The van der Waals surface area contributed by atoms with E-state index in [9.17, 15) is 9.59 Å². The molecule has 0 saturated carbocycles. The summed E-state index contributed by atoms with van der Waals surface area (Å²) in [6.45, 7) is 0.227. The number of hydrogen-bond acceptors (Lipinski definition) is 2. The second-order valence-corrected chi connectivity index (χ2v) is 4.02. The maximum atomic E-state index is 11.7. The predicted molar refractivity (Wildman–Crippen MR) is 61.5 cm³/mol. The third kappa shape index (κ3) is 2.75. The van der Waals surface area contributed by atoms with Crippen molar-refractivity contribution in [2.45, 2.75) is 12.5 Å². The number of aliphatic carboxylic acids is 1. The van der Waals surface area contributed by atoms with Gasteiger partial charge >= 0.3 is 12.0 Å². The molecule has 2 amide bonds. The van der Waals surface area contributed by atoms with Gasteiger partial charge in [-0.3, -0.25) is 4.79 Å². The van der Waals surface area contributed by atoms with Crippen molar-refractivity contribution in [2.24, 2.45) is 0 Å². The molecule has 5 nitrogen and oxygen atoms in total. The van der Waals surface area contributed by atoms with E-state index in [0.717, 1.165) is 12.0 Å². The van der Waals surface area contributed by atoms with E-state index < -0.39 is 5.97 Å². The number of benzene rings is 1. The molecule has 2 N–H and O–H groups in total. The van der Waals surface area contributed by atoms with E-state index in [-0.39, 0.29) is 18.6 Å². The van der Waals surface area contributed by atoms with Crippen molar-refractivity contribution < 1.29 is 14.7 Å². The van der Waals surface area contributed by atoms with Gasteiger partial charge in [-0.25, -0.2) is 4.79 Å². The Morgan fingerprint density at radius 1 is 1.41 bits per heavy atom. The molecule has 0 radical (unpaired) electrons. The van der Waals surface area contributed by atoms with Crippen molar-refractivity contribution >= 4 is 12.0 Å². The molecule has 1 aromatic carbocycles. The van der Waals surface area contributed by atoms with Crippen LogP contribution in [0.3, 0.4) is 0 Å². The highest BCUT2D eigenvalue weighted by atomic mass is 16.4. The van der Waals surface area contributed by atoms with Crippen LogP contribution in [0, 0.1) is 0 Å². The average molecular weight is 234 g/mol. The van der Waals surface area contributed by atoms with E-state index in [4.69, 9.17) is 5.11 Å². The lowest BCUT2D eigenvalue weighted by Gasteiger charge is -2.32. The second-order valence-electron chi connectivity index (χ2n) is 4.02. The average Bonchev–Trinajstić information content (AvgIpc) is 2.32. The van der Waals surface area contributed by atoms with Crippen LogP contribution in [0.2, 0.25) is 0 Å². The van der Waals surface area contributed by atoms with Crippen LogP contribution in [0.1, 0.15) is 18.0 Å². The number of carbonyl (C=O) groups is 2. The number of nitrogens with one attached hydrogen (secondary N) is 1. The summed E-state index contributed by atoms with van der Waals surface area (Å²) < 4.78 is 0. The number of rotatable bonds is 3. The third-order valence-electron chi connectivity index (χ3n) is 2.80. The molecule has 1 aliphatic rings. The van der Waals surface area contributed by atoms with Gasteiger partial charge in [-0.05, 0) is 12.0 Å². The molecule has 0 spiro atoms. The summed E-state index contributed by atoms with van der Waals surface area (Å²) in [5, 5.41) is 11.5. The highest BCUT2D eigenvalue weighted by Crippen LogP contribution is 2.20. The van der Waals surface area contributed by atoms with Crippen molar-refractivity contribution in [3.63, 3.8) is 0 Å². The Bertz CT molecular complexity index is 419. The van der Waals surface area contributed by atoms with Gasteiger partial charge in [0.05, 0.1) is 6.04 Å². The zero-order chi connectivity index (χ0) is 12.3. The molecular formula is C12H14N2O3. The highest BCUT2D eigenvalue weighted by molar-refractivity contribution is 5.81. The van der Waals surface area contributed by atoms with Crippen molar-refractivity contribution in [3.05, 3.63) is 35.9 Å². The van der Waals surface area contributed by atoms with E-state index in [1.807, 2.05) is 30.3 Å². The van der Waals surface area contributed by atoms with Crippen molar-refractivity contribution in [1.82, 2.24) is 10.2 Å². The van der Waals surface area contributed by atoms with Crippen LogP contribution in [0.25, 0.3) is 0 Å². The van der Waals surface area contributed by atoms with Gasteiger partial charge in [0.25, 0.3) is 0 Å². The Balaban J connectivity index is 2.00. The zero-order valence-corrected chi connectivity index (χ0v) is 9.30. The minimum Gasteiger partial charge on any atom is -0.480 e. The number of amides is 2. The molecule has 1 atom stereocenters. The summed E-state index contributed by atoms with van der Waals surface area (Å²) >= 11 is 0. The van der Waals surface area contributed by atoms with Crippen LogP contribution < -0.4 is 5.32 Å². The second kappa shape index (κ2) is 4.86. The first kappa shape index (κ1) is 11.4. The van der Waals surface area contributed by atoms with Crippen LogP contribution in [0.4, 0.5) is 4.79 Å². The molecule has 0 unspecified atom stereocenters. The van der Waals surface area contributed by atoms with Gasteiger partial charge in [-0.15, -0.1) is 0 Å². The first-order valence-corrected chi connectivity index (χ1v) is 5.49. The van der Waals surface area contributed by atoms with Crippen LogP contribution in [-0.2, 0) is 4.79 Å². The monoisotopic (exact) mass is 234 g/mol. The minimum atomic E-state index is -0.988. The summed E-state index contributed by atoms with van der Waals surface area (Å²) in [6, 6.07) is 9.35. The van der Waals surface area contributed by atoms with Gasteiger partial charge in [-0.1, -0.05) is 30.3 Å². The van der Waals surface area contributed by atoms with Gasteiger partial charge in [0.2, 0.25) is 0 Å². The summed E-state index contributed by atoms with van der Waals surface area (Å²) in [6.07, 6.45) is 0.725. The number of carboxylic acid groups (broad SMARTS) is 1. The number of urea groups is 1. The van der Waals surface area contributed by atoms with Gasteiger partial charge in [0.1, 0.15) is 6.54 Å². The fourth-order valence-electron chi connectivity index (χ4n) is 1.95. The maximum absolute atomic E-state index is 11.7. The molecule has 1 saturated heterocycles. The summed E-state index contributed by atoms with van der Waals surface area (Å²) in [5.74, 6) is -0.988. The van der Waals surface area contributed by atoms with E-state index in [1.54, 1.807) is 0 Å². The molecule has 2 rings (SSSR count). The highest BCUT2D eigenvalue weighted by Gasteiger charge is 2.26. The Morgan fingerprint density at radius 2 is 2.12 bits per heavy atom. The topological polar surface area (TPSA) is 69.6 Å². The molecule has 90 valence electrons. The minimum absolute atomic E-state index is 0.0197. The lowest BCUT2D eigenvalue weighted by Crippen LogP contribution is -2.49. The summed E-state index contributed by atoms with van der Waals surface area (Å²) in [4.78, 5) is 23.5. The van der Waals surface area contributed by atoms with Crippen LogP contribution in [0.15, 0.2) is 30.3 Å². The standard InChI is InChI=1S/C12H14N2O3/c15-11(16)8-14-7-6-10(13-12(14)17)9-4-2-1-3-5-9/h1-5,10H,6-8H2,(H,13,17)(H,15,16)/t10-/m1/s1. The SMILES string of the molecule is O=C(O)CN1CC[C@H](c2ccccc2)NC1=O. The molecule has 1 fully saturated rings. The van der Waals surface area contributed by atoms with Crippen molar-refractivity contribution in [2.75, 3.05) is 13.1 Å². The van der Waals surface area contributed by atoms with E-state index in [0.29, 0.717) is 6.54 Å². The van der Waals surface area contributed by atoms with Gasteiger partial charge in [0.15, 0.2) is 0 Å². The van der Waals surface area contributed by atoms with E-state index in [2.05, 4.69) is 5.32 Å². The smallest absolute Gasteiger partial charge is 0.323 e. The molecule has 5 heteroatoms. The van der Waals surface area contributed by atoms with E-state index >= 15 is 0 Å². The fraction of sp³-hybridized carbons (Fsp3) is 0.333. The number of nitrogens with zero attached hydrogens (tertiary/aromatic N) is 1. The molecular weight excluding hydrogens is 220 g/mol. The Morgan fingerprint density at radius 3 is 2.71 bits per heavy atom. The summed E-state index contributed by atoms with van der Waals surface area (Å²) in [5.41, 5.74) is 1.05. The maximum Gasteiger partial charge on any atom is 0.323 e. The van der Waals surface area contributed by atoms with Crippen LogP contribution in [-0.4, -0.2) is 35.1 Å². The molecule has 17 heavy (non-hydrogen) atoms. The lowest BCUT2D eigenvalue weighted by atomic mass is 10.0.